The highest BCUT2D eigenvalue weighted by molar-refractivity contribution is 7.98. The Labute approximate surface area is 131 Å². The summed E-state index contributed by atoms with van der Waals surface area (Å²) in [7, 11) is 1.82. The van der Waals surface area contributed by atoms with Gasteiger partial charge >= 0.3 is 0 Å². The predicted octanol–water partition coefficient (Wildman–Crippen LogP) is 2.03. The van der Waals surface area contributed by atoms with Gasteiger partial charge in [-0.1, -0.05) is 11.8 Å². The van der Waals surface area contributed by atoms with Crippen molar-refractivity contribution in [2.75, 3.05) is 25.7 Å². The normalized spacial score (nSPS) is 11.4. The van der Waals surface area contributed by atoms with Crippen molar-refractivity contribution in [2.24, 2.45) is 0 Å². The Morgan fingerprint density at radius 2 is 2.33 bits per heavy atom. The lowest BCUT2D eigenvalue weighted by atomic mass is 10.1. The first-order valence-electron chi connectivity index (χ1n) is 6.91. The average Bonchev–Trinajstić information content (AvgIpc) is 2.52. The number of aliphatic hydroxyl groups excluding tert-OH is 1. The van der Waals surface area contributed by atoms with E-state index in [4.69, 9.17) is 5.11 Å². The van der Waals surface area contributed by atoms with E-state index in [0.29, 0.717) is 17.5 Å². The standard InChI is InChI=1S/C16H22N2O2S/c1-13(8-11-21-3)18(2)16(20)15-7-9-17-12-14(15)6-4-5-10-19/h7,9,12-13,19H,5,8,10-11H2,1-3H3. The molecule has 1 aromatic rings. The highest BCUT2D eigenvalue weighted by atomic mass is 32.2. The molecule has 0 radical (unpaired) electrons. The first kappa shape index (κ1) is 17.5. The van der Waals surface area contributed by atoms with Crippen LogP contribution in [0.2, 0.25) is 0 Å². The van der Waals surface area contributed by atoms with E-state index < -0.39 is 0 Å². The van der Waals surface area contributed by atoms with E-state index in [2.05, 4.69) is 23.1 Å². The topological polar surface area (TPSA) is 53.4 Å². The summed E-state index contributed by atoms with van der Waals surface area (Å²) in [6.45, 7) is 2.06. The summed E-state index contributed by atoms with van der Waals surface area (Å²) < 4.78 is 0. The molecule has 0 fully saturated rings. The average molecular weight is 306 g/mol. The monoisotopic (exact) mass is 306 g/mol. The fourth-order valence-corrected chi connectivity index (χ4v) is 2.34. The number of thioether (sulfide) groups is 1. The van der Waals surface area contributed by atoms with Crippen molar-refractivity contribution in [3.63, 3.8) is 0 Å². The Balaban J connectivity index is 2.89. The zero-order valence-electron chi connectivity index (χ0n) is 12.8. The first-order valence-corrected chi connectivity index (χ1v) is 8.31. The van der Waals surface area contributed by atoms with Gasteiger partial charge in [0.15, 0.2) is 0 Å². The van der Waals surface area contributed by atoms with Gasteiger partial charge in [-0.15, -0.1) is 0 Å². The molecule has 1 aromatic heterocycles. The maximum atomic E-state index is 12.6. The molecule has 1 amide bonds. The van der Waals surface area contributed by atoms with E-state index in [1.807, 2.05) is 14.0 Å². The first-order chi connectivity index (χ1) is 10.1. The van der Waals surface area contributed by atoms with Gasteiger partial charge in [0.25, 0.3) is 5.91 Å². The number of aliphatic hydroxyl groups is 1. The van der Waals surface area contributed by atoms with Crippen LogP contribution >= 0.6 is 11.8 Å². The van der Waals surface area contributed by atoms with Gasteiger partial charge in [-0.25, -0.2) is 0 Å². The van der Waals surface area contributed by atoms with E-state index in [-0.39, 0.29) is 18.6 Å². The third-order valence-electron chi connectivity index (χ3n) is 3.23. The molecule has 0 aliphatic carbocycles. The quantitative estimate of drug-likeness (QED) is 0.817. The summed E-state index contributed by atoms with van der Waals surface area (Å²) in [5.41, 5.74) is 1.17. The Morgan fingerprint density at radius 1 is 1.57 bits per heavy atom. The third kappa shape index (κ3) is 5.41. The van der Waals surface area contributed by atoms with Crippen molar-refractivity contribution >= 4 is 17.7 Å². The molecule has 1 N–H and O–H groups in total. The van der Waals surface area contributed by atoms with E-state index in [1.165, 1.54) is 0 Å². The third-order valence-corrected chi connectivity index (χ3v) is 3.88. The van der Waals surface area contributed by atoms with Crippen LogP contribution in [0.1, 0.15) is 35.7 Å². The molecule has 1 heterocycles. The summed E-state index contributed by atoms with van der Waals surface area (Å²) in [6.07, 6.45) is 6.61. The molecular weight excluding hydrogens is 284 g/mol. The zero-order chi connectivity index (χ0) is 15.7. The van der Waals surface area contributed by atoms with Crippen molar-refractivity contribution in [1.82, 2.24) is 9.88 Å². The van der Waals surface area contributed by atoms with Gasteiger partial charge < -0.3 is 10.0 Å². The Bertz CT molecular complexity index is 522. The largest absolute Gasteiger partial charge is 0.395 e. The highest BCUT2D eigenvalue weighted by Gasteiger charge is 2.19. The summed E-state index contributed by atoms with van der Waals surface area (Å²) in [4.78, 5) is 18.4. The summed E-state index contributed by atoms with van der Waals surface area (Å²) >= 11 is 1.78. The molecule has 1 unspecified atom stereocenters. The fourth-order valence-electron chi connectivity index (χ4n) is 1.77. The van der Waals surface area contributed by atoms with Crippen LogP contribution in [0.25, 0.3) is 0 Å². The molecule has 0 aliphatic rings. The van der Waals surface area contributed by atoms with E-state index in [9.17, 15) is 4.79 Å². The fraction of sp³-hybridized carbons (Fsp3) is 0.500. The van der Waals surface area contributed by atoms with Crippen LogP contribution in [0, 0.1) is 11.8 Å². The van der Waals surface area contributed by atoms with Crippen molar-refractivity contribution in [2.45, 2.75) is 25.8 Å². The minimum absolute atomic E-state index is 0.0160. The lowest BCUT2D eigenvalue weighted by molar-refractivity contribution is 0.0741. The van der Waals surface area contributed by atoms with Crippen LogP contribution in [0.3, 0.4) is 0 Å². The summed E-state index contributed by atoms with van der Waals surface area (Å²) in [5.74, 6) is 6.73. The number of carbonyl (C=O) groups is 1. The van der Waals surface area contributed by atoms with E-state index >= 15 is 0 Å². The summed E-state index contributed by atoms with van der Waals surface area (Å²) in [5, 5.41) is 8.77. The maximum absolute atomic E-state index is 12.6. The molecule has 21 heavy (non-hydrogen) atoms. The van der Waals surface area contributed by atoms with Gasteiger partial charge in [0.1, 0.15) is 0 Å². The lowest BCUT2D eigenvalue weighted by Gasteiger charge is -2.25. The molecule has 0 saturated carbocycles. The molecule has 5 heteroatoms. The van der Waals surface area contributed by atoms with Crippen molar-refractivity contribution < 1.29 is 9.90 Å². The number of rotatable bonds is 6. The molecule has 1 atom stereocenters. The number of aromatic nitrogens is 1. The molecule has 0 aromatic carbocycles. The number of nitrogens with zero attached hydrogens (tertiary/aromatic N) is 2. The zero-order valence-corrected chi connectivity index (χ0v) is 13.6. The number of amides is 1. The molecule has 0 saturated heterocycles. The Hall–Kier alpha value is -1.51. The van der Waals surface area contributed by atoms with Crippen molar-refractivity contribution in [1.29, 1.82) is 0 Å². The number of hydrogen-bond acceptors (Lipinski definition) is 4. The molecule has 1 rings (SSSR count). The number of pyridine rings is 1. The van der Waals surface area contributed by atoms with Gasteiger partial charge in [0.05, 0.1) is 17.7 Å². The van der Waals surface area contributed by atoms with Crippen molar-refractivity contribution in [3.05, 3.63) is 29.6 Å². The van der Waals surface area contributed by atoms with Gasteiger partial charge in [0.2, 0.25) is 0 Å². The second-order valence-electron chi connectivity index (χ2n) is 4.74. The van der Waals surface area contributed by atoms with Crippen LogP contribution in [-0.2, 0) is 0 Å². The predicted molar refractivity (Wildman–Crippen MR) is 87.4 cm³/mol. The van der Waals surface area contributed by atoms with Crippen LogP contribution in [0.4, 0.5) is 0 Å². The second kappa shape index (κ2) is 9.43. The number of carbonyl (C=O) groups excluding carboxylic acids is 1. The second-order valence-corrected chi connectivity index (χ2v) is 5.73. The maximum Gasteiger partial charge on any atom is 0.255 e. The highest BCUT2D eigenvalue weighted by Crippen LogP contribution is 2.13. The summed E-state index contributed by atoms with van der Waals surface area (Å²) in [6, 6.07) is 1.87. The van der Waals surface area contributed by atoms with Crippen LogP contribution in [0.5, 0.6) is 0 Å². The van der Waals surface area contributed by atoms with E-state index in [0.717, 1.165) is 12.2 Å². The molecule has 4 nitrogen and oxygen atoms in total. The SMILES string of the molecule is CSCCC(C)N(C)C(=O)c1ccncc1C#CCCO. The van der Waals surface area contributed by atoms with E-state index in [1.54, 1.807) is 35.1 Å². The molecular formula is C16H22N2O2S. The number of hydrogen-bond donors (Lipinski definition) is 1. The van der Waals surface area contributed by atoms with Gasteiger partial charge in [-0.05, 0) is 31.4 Å². The van der Waals surface area contributed by atoms with Gasteiger partial charge in [0, 0.05) is 31.9 Å². The van der Waals surface area contributed by atoms with Gasteiger partial charge in [-0.3, -0.25) is 9.78 Å². The molecule has 0 spiro atoms. The van der Waals surface area contributed by atoms with Crippen molar-refractivity contribution in [3.8, 4) is 11.8 Å². The smallest absolute Gasteiger partial charge is 0.255 e. The molecule has 0 bridgehead atoms. The van der Waals surface area contributed by atoms with Crippen LogP contribution in [0.15, 0.2) is 18.5 Å². The lowest BCUT2D eigenvalue weighted by Crippen LogP contribution is -2.35. The Kier molecular flexibility index (Phi) is 7.88. The Morgan fingerprint density at radius 3 is 3.00 bits per heavy atom. The van der Waals surface area contributed by atoms with Crippen LogP contribution < -0.4 is 0 Å². The van der Waals surface area contributed by atoms with Gasteiger partial charge in [-0.2, -0.15) is 11.8 Å². The molecule has 114 valence electrons. The minimum atomic E-state index is -0.0423. The van der Waals surface area contributed by atoms with Crippen LogP contribution in [-0.4, -0.2) is 52.6 Å². The molecule has 0 aliphatic heterocycles. The minimum Gasteiger partial charge on any atom is -0.395 e.